The zero-order chi connectivity index (χ0) is 16.4. The van der Waals surface area contributed by atoms with E-state index in [1.54, 1.807) is 4.90 Å². The van der Waals surface area contributed by atoms with Gasteiger partial charge in [-0.3, -0.25) is 4.90 Å². The number of amides is 1. The van der Waals surface area contributed by atoms with E-state index in [0.29, 0.717) is 18.3 Å². The fourth-order valence-corrected chi connectivity index (χ4v) is 7.44. The topological polar surface area (TPSA) is 45.9 Å². The van der Waals surface area contributed by atoms with E-state index >= 15 is 0 Å². The Bertz CT molecular complexity index is 648. The average Bonchev–Trinajstić information content (AvgIpc) is 3.01. The summed E-state index contributed by atoms with van der Waals surface area (Å²) in [5.41, 5.74) is -0.341. The molecule has 7 heteroatoms. The summed E-state index contributed by atoms with van der Waals surface area (Å²) in [6.45, 7) is 10.4. The maximum absolute atomic E-state index is 12.5. The number of hydrogen-bond acceptors (Lipinski definition) is 4. The van der Waals surface area contributed by atoms with E-state index in [1.165, 1.54) is 0 Å². The number of carbonyl (C=O) groups excluding carboxylic acids is 1. The Hall–Kier alpha value is -0.793. The molecular formula is C16H23BrN2O3Si. The van der Waals surface area contributed by atoms with Gasteiger partial charge in [0.2, 0.25) is 5.88 Å². The Morgan fingerprint density at radius 2 is 1.96 bits per heavy atom. The summed E-state index contributed by atoms with van der Waals surface area (Å²) in [5.74, 6) is 1.10. The lowest BCUT2D eigenvalue weighted by atomic mass is 9.75. The van der Waals surface area contributed by atoms with Crippen molar-refractivity contribution in [1.29, 1.82) is 0 Å². The molecule has 1 amide bonds. The highest BCUT2D eigenvalue weighted by Gasteiger charge is 2.56. The van der Waals surface area contributed by atoms with Crippen LogP contribution in [0.25, 0.3) is 0 Å². The third kappa shape index (κ3) is 2.48. The minimum atomic E-state index is -1.59. The van der Waals surface area contributed by atoms with Gasteiger partial charge in [0.25, 0.3) is 0 Å². The molecule has 2 bridgehead atoms. The lowest BCUT2D eigenvalue weighted by molar-refractivity contribution is -0.0881. The second-order valence-corrected chi connectivity index (χ2v) is 13.9. The second-order valence-electron chi connectivity index (χ2n) is 8.08. The Balaban J connectivity index is 1.63. The molecule has 126 valence electrons. The minimum Gasteiger partial charge on any atom is -0.449 e. The molecule has 5 nitrogen and oxygen atoms in total. The van der Waals surface area contributed by atoms with Gasteiger partial charge in [0.15, 0.2) is 0 Å². The molecule has 0 aromatic carbocycles. The molecule has 1 aromatic heterocycles. The first kappa shape index (κ1) is 15.7. The Labute approximate surface area is 146 Å². The Morgan fingerprint density at radius 1 is 1.26 bits per heavy atom. The van der Waals surface area contributed by atoms with Crippen LogP contribution in [0.4, 0.5) is 10.7 Å². The minimum absolute atomic E-state index is 0.262. The summed E-state index contributed by atoms with van der Waals surface area (Å²) in [6, 6.07) is 1.93. The maximum atomic E-state index is 12.5. The smallest absolute Gasteiger partial charge is 0.417 e. The van der Waals surface area contributed by atoms with Crippen LogP contribution >= 0.6 is 15.9 Å². The molecule has 0 aliphatic carbocycles. The van der Waals surface area contributed by atoms with E-state index in [9.17, 15) is 4.79 Å². The van der Waals surface area contributed by atoms with Crippen molar-refractivity contribution in [3.63, 3.8) is 0 Å². The monoisotopic (exact) mass is 398 g/mol. The number of hydrogen-bond donors (Lipinski definition) is 0. The van der Waals surface area contributed by atoms with Crippen molar-refractivity contribution >= 4 is 41.4 Å². The van der Waals surface area contributed by atoms with E-state index < -0.39 is 8.07 Å². The fraction of sp³-hybridized carbons (Fsp3) is 0.688. The number of halogens is 1. The fourth-order valence-electron chi connectivity index (χ4n) is 4.18. The lowest BCUT2D eigenvalue weighted by Gasteiger charge is -2.49. The zero-order valence-electron chi connectivity index (χ0n) is 13.9. The number of carbonyl (C=O) groups is 1. The van der Waals surface area contributed by atoms with Crippen LogP contribution < -0.4 is 10.3 Å². The van der Waals surface area contributed by atoms with Gasteiger partial charge < -0.3 is 9.15 Å². The van der Waals surface area contributed by atoms with Gasteiger partial charge >= 0.3 is 6.09 Å². The molecular weight excluding hydrogens is 376 g/mol. The van der Waals surface area contributed by atoms with Crippen molar-refractivity contribution in [1.82, 2.24) is 4.90 Å². The van der Waals surface area contributed by atoms with Crippen LogP contribution in [0, 0.1) is 5.92 Å². The molecule has 1 aromatic rings. The molecule has 1 spiro atoms. The van der Waals surface area contributed by atoms with Gasteiger partial charge in [-0.25, -0.2) is 9.69 Å². The van der Waals surface area contributed by atoms with Crippen LogP contribution in [0.1, 0.15) is 12.8 Å². The van der Waals surface area contributed by atoms with Gasteiger partial charge in [0, 0.05) is 18.5 Å². The summed E-state index contributed by atoms with van der Waals surface area (Å²) in [4.78, 5) is 16.6. The van der Waals surface area contributed by atoms with Gasteiger partial charge in [-0.1, -0.05) is 19.6 Å². The quantitative estimate of drug-likeness (QED) is 0.718. The number of ether oxygens (including phenoxy) is 1. The number of anilines is 1. The van der Waals surface area contributed by atoms with E-state index in [4.69, 9.17) is 9.15 Å². The molecule has 1 atom stereocenters. The predicted molar refractivity (Wildman–Crippen MR) is 95.1 cm³/mol. The number of rotatable bonds is 2. The molecule has 5 rings (SSSR count). The van der Waals surface area contributed by atoms with Crippen LogP contribution in [0.15, 0.2) is 15.0 Å². The molecule has 4 aliphatic heterocycles. The van der Waals surface area contributed by atoms with Crippen molar-refractivity contribution in [3.8, 4) is 0 Å². The third-order valence-corrected chi connectivity index (χ3v) is 8.07. The molecule has 0 radical (unpaired) electrons. The van der Waals surface area contributed by atoms with Crippen LogP contribution in [-0.4, -0.2) is 50.8 Å². The highest BCUT2D eigenvalue weighted by Crippen LogP contribution is 2.43. The molecule has 0 saturated carbocycles. The summed E-state index contributed by atoms with van der Waals surface area (Å²) in [6.07, 6.45) is 1.99. The third-order valence-electron chi connectivity index (χ3n) is 5.38. The summed E-state index contributed by atoms with van der Waals surface area (Å²) in [7, 11) is -1.59. The van der Waals surface area contributed by atoms with Gasteiger partial charge in [0.05, 0.1) is 16.4 Å². The SMILES string of the molecule is C[Si](C)(C)c1oc(N2CC3(CN4CCC3CC4)OC2=O)cc1Br. The van der Waals surface area contributed by atoms with Crippen molar-refractivity contribution < 1.29 is 13.9 Å². The van der Waals surface area contributed by atoms with E-state index in [1.807, 2.05) is 6.07 Å². The van der Waals surface area contributed by atoms with E-state index in [-0.39, 0.29) is 11.7 Å². The van der Waals surface area contributed by atoms with Gasteiger partial charge in [0.1, 0.15) is 13.7 Å². The largest absolute Gasteiger partial charge is 0.449 e. The highest BCUT2D eigenvalue weighted by molar-refractivity contribution is 9.10. The first-order chi connectivity index (χ1) is 10.8. The molecule has 5 heterocycles. The van der Waals surface area contributed by atoms with Crippen molar-refractivity contribution in [2.45, 2.75) is 38.1 Å². The molecule has 4 saturated heterocycles. The predicted octanol–water partition coefficient (Wildman–Crippen LogP) is 3.01. The van der Waals surface area contributed by atoms with Gasteiger partial charge in [-0.15, -0.1) is 0 Å². The molecule has 0 N–H and O–H groups in total. The normalized spacial score (nSPS) is 33.6. The summed E-state index contributed by atoms with van der Waals surface area (Å²) < 4.78 is 12.9. The lowest BCUT2D eigenvalue weighted by Crippen LogP contribution is -2.61. The molecule has 4 aliphatic rings. The first-order valence-corrected chi connectivity index (χ1v) is 12.6. The van der Waals surface area contributed by atoms with Crippen molar-refractivity contribution in [2.24, 2.45) is 5.92 Å². The van der Waals surface area contributed by atoms with Crippen LogP contribution in [0.5, 0.6) is 0 Å². The second kappa shape index (κ2) is 5.10. The van der Waals surface area contributed by atoms with Gasteiger partial charge in [-0.05, 0) is 41.9 Å². The van der Waals surface area contributed by atoms with E-state index in [0.717, 1.165) is 42.3 Å². The Morgan fingerprint density at radius 3 is 2.48 bits per heavy atom. The molecule has 4 fully saturated rings. The number of piperidine rings is 3. The van der Waals surface area contributed by atoms with Crippen LogP contribution in [0.3, 0.4) is 0 Å². The first-order valence-electron chi connectivity index (χ1n) is 8.31. The molecule has 1 unspecified atom stereocenters. The maximum Gasteiger partial charge on any atom is 0.417 e. The number of nitrogens with zero attached hydrogens (tertiary/aromatic N) is 2. The molecule has 23 heavy (non-hydrogen) atoms. The number of furan rings is 1. The highest BCUT2D eigenvalue weighted by atomic mass is 79.9. The van der Waals surface area contributed by atoms with Crippen molar-refractivity contribution in [2.75, 3.05) is 31.1 Å². The van der Waals surface area contributed by atoms with Gasteiger partial charge in [-0.2, -0.15) is 0 Å². The summed E-state index contributed by atoms with van der Waals surface area (Å²) >= 11 is 3.59. The van der Waals surface area contributed by atoms with Crippen molar-refractivity contribution in [3.05, 3.63) is 10.5 Å². The van der Waals surface area contributed by atoms with Crippen LogP contribution in [0.2, 0.25) is 19.6 Å². The van der Waals surface area contributed by atoms with Crippen LogP contribution in [-0.2, 0) is 4.74 Å². The summed E-state index contributed by atoms with van der Waals surface area (Å²) in [5, 5.41) is 0.996. The standard InChI is InChI=1S/C16H23BrN2O3Si/c1-23(2,3)14-12(17)8-13(21-14)19-10-16(22-15(19)20)9-18-6-4-11(16)5-7-18/h8,11H,4-7,9-10H2,1-3H3. The average molecular weight is 399 g/mol. The van der Waals surface area contributed by atoms with E-state index in [2.05, 4.69) is 40.5 Å². The Kier molecular flexibility index (Phi) is 3.49. The number of fused-ring (bicyclic) bond motifs is 2. The zero-order valence-corrected chi connectivity index (χ0v) is 16.5.